The van der Waals surface area contributed by atoms with Gasteiger partial charge < -0.3 is 0 Å². The molecule has 1 rings (SSSR count). The molecule has 0 N–H and O–H groups in total. The molecular formula is C7H6F2S. The van der Waals surface area contributed by atoms with Crippen molar-refractivity contribution in [3.05, 3.63) is 35.4 Å². The molecule has 3 heteroatoms. The highest BCUT2D eigenvalue weighted by Gasteiger charge is 2.04. The van der Waals surface area contributed by atoms with E-state index in [0.717, 1.165) is 0 Å². The molecule has 0 unspecified atom stereocenters. The van der Waals surface area contributed by atoms with Crippen LogP contribution in [0.5, 0.6) is 0 Å². The molecule has 0 nitrogen and oxygen atoms in total. The Bertz CT molecular complexity index is 215. The van der Waals surface area contributed by atoms with Gasteiger partial charge in [-0.05, 0) is 12.1 Å². The van der Waals surface area contributed by atoms with Gasteiger partial charge in [0.2, 0.25) is 0 Å². The third-order valence-electron chi connectivity index (χ3n) is 1.22. The monoisotopic (exact) mass is 160 g/mol. The largest absolute Gasteiger partial charge is 0.207 e. The van der Waals surface area contributed by atoms with Crippen molar-refractivity contribution in [3.8, 4) is 0 Å². The Hall–Kier alpha value is -0.570. The molecule has 0 saturated carbocycles. The van der Waals surface area contributed by atoms with E-state index in [9.17, 15) is 8.78 Å². The minimum atomic E-state index is -0.532. The summed E-state index contributed by atoms with van der Waals surface area (Å²) < 4.78 is 25.1. The van der Waals surface area contributed by atoms with Gasteiger partial charge in [0.15, 0.2) is 0 Å². The quantitative estimate of drug-likeness (QED) is 0.599. The molecule has 0 aliphatic carbocycles. The first kappa shape index (κ1) is 7.54. The molecule has 0 aromatic heterocycles. The van der Waals surface area contributed by atoms with Crippen molar-refractivity contribution in [3.63, 3.8) is 0 Å². The van der Waals surface area contributed by atoms with Crippen molar-refractivity contribution in [2.75, 3.05) is 0 Å². The topological polar surface area (TPSA) is 0 Å². The summed E-state index contributed by atoms with van der Waals surface area (Å²) in [4.78, 5) is 0. The maximum absolute atomic E-state index is 12.6. The van der Waals surface area contributed by atoms with Gasteiger partial charge in [-0.3, -0.25) is 0 Å². The summed E-state index contributed by atoms with van der Waals surface area (Å²) >= 11 is 3.77. The molecule has 0 bridgehead atoms. The Labute approximate surface area is 63.3 Å². The first-order valence-corrected chi connectivity index (χ1v) is 3.42. The summed E-state index contributed by atoms with van der Waals surface area (Å²) in [7, 11) is 0. The van der Waals surface area contributed by atoms with E-state index in [1.54, 1.807) is 0 Å². The Morgan fingerprint density at radius 1 is 1.20 bits per heavy atom. The summed E-state index contributed by atoms with van der Waals surface area (Å²) in [5.74, 6) is -0.969. The number of thiol groups is 1. The highest BCUT2D eigenvalue weighted by molar-refractivity contribution is 7.79. The van der Waals surface area contributed by atoms with Crippen molar-refractivity contribution in [1.29, 1.82) is 0 Å². The summed E-state index contributed by atoms with van der Waals surface area (Å²) in [6.45, 7) is 0. The third-order valence-corrected chi connectivity index (χ3v) is 1.54. The van der Waals surface area contributed by atoms with E-state index in [2.05, 4.69) is 12.6 Å². The molecule has 0 saturated heterocycles. The summed E-state index contributed by atoms with van der Waals surface area (Å²) in [6, 6.07) is 3.76. The van der Waals surface area contributed by atoms with Crippen molar-refractivity contribution in [1.82, 2.24) is 0 Å². The van der Waals surface area contributed by atoms with Gasteiger partial charge in [-0.25, -0.2) is 8.78 Å². The fourth-order valence-corrected chi connectivity index (χ4v) is 0.985. The van der Waals surface area contributed by atoms with Crippen LogP contribution in [0.2, 0.25) is 0 Å². The minimum Gasteiger partial charge on any atom is -0.207 e. The summed E-state index contributed by atoms with van der Waals surface area (Å²) in [6.07, 6.45) is 0. The van der Waals surface area contributed by atoms with Crippen LogP contribution in [0.1, 0.15) is 5.56 Å². The molecular weight excluding hydrogens is 154 g/mol. The highest BCUT2D eigenvalue weighted by atomic mass is 32.1. The lowest BCUT2D eigenvalue weighted by atomic mass is 10.2. The van der Waals surface area contributed by atoms with E-state index in [1.807, 2.05) is 0 Å². The molecule has 0 radical (unpaired) electrons. The molecule has 0 aliphatic heterocycles. The smallest absolute Gasteiger partial charge is 0.130 e. The Kier molecular flexibility index (Phi) is 2.27. The van der Waals surface area contributed by atoms with Crippen LogP contribution in [-0.2, 0) is 5.75 Å². The Morgan fingerprint density at radius 2 is 1.70 bits per heavy atom. The van der Waals surface area contributed by atoms with Crippen LogP contribution in [0.3, 0.4) is 0 Å². The Morgan fingerprint density at radius 3 is 2.00 bits per heavy atom. The standard InChI is InChI=1S/C7H6F2S/c8-6-2-1-3-7(9)5(6)4-10/h1-3,10H,4H2. The van der Waals surface area contributed by atoms with Crippen LogP contribution < -0.4 is 0 Å². The lowest BCUT2D eigenvalue weighted by Gasteiger charge is -1.98. The zero-order valence-electron chi connectivity index (χ0n) is 5.14. The van der Waals surface area contributed by atoms with Gasteiger partial charge in [0.25, 0.3) is 0 Å². The zero-order valence-corrected chi connectivity index (χ0v) is 6.04. The number of benzene rings is 1. The lowest BCUT2D eigenvalue weighted by molar-refractivity contribution is 0.566. The van der Waals surface area contributed by atoms with Crippen LogP contribution in [0.25, 0.3) is 0 Å². The molecule has 0 amide bonds. The zero-order chi connectivity index (χ0) is 7.56. The van der Waals surface area contributed by atoms with Crippen LogP contribution in [0, 0.1) is 11.6 Å². The predicted molar refractivity (Wildman–Crippen MR) is 39.0 cm³/mol. The van der Waals surface area contributed by atoms with E-state index in [-0.39, 0.29) is 11.3 Å². The SMILES string of the molecule is Fc1cccc(F)c1CS. The van der Waals surface area contributed by atoms with Crippen LogP contribution >= 0.6 is 12.6 Å². The molecule has 0 spiro atoms. The molecule has 54 valence electrons. The van der Waals surface area contributed by atoms with E-state index >= 15 is 0 Å². The van der Waals surface area contributed by atoms with E-state index in [0.29, 0.717) is 0 Å². The van der Waals surface area contributed by atoms with Gasteiger partial charge in [0.1, 0.15) is 11.6 Å². The maximum atomic E-state index is 12.6. The molecule has 0 aliphatic rings. The van der Waals surface area contributed by atoms with Crippen LogP contribution in [0.4, 0.5) is 8.78 Å². The normalized spacial score (nSPS) is 9.90. The molecule has 0 heterocycles. The van der Waals surface area contributed by atoms with Crippen molar-refractivity contribution >= 4 is 12.6 Å². The second-order valence-corrected chi connectivity index (χ2v) is 2.17. The van der Waals surface area contributed by atoms with Gasteiger partial charge in [-0.15, -0.1) is 0 Å². The van der Waals surface area contributed by atoms with Gasteiger partial charge >= 0.3 is 0 Å². The molecule has 0 fully saturated rings. The summed E-state index contributed by atoms with van der Waals surface area (Å²) in [5, 5.41) is 0. The van der Waals surface area contributed by atoms with Gasteiger partial charge in [-0.1, -0.05) is 6.07 Å². The van der Waals surface area contributed by atoms with Crippen LogP contribution in [0.15, 0.2) is 18.2 Å². The second-order valence-electron chi connectivity index (χ2n) is 1.86. The maximum Gasteiger partial charge on any atom is 0.130 e. The van der Waals surface area contributed by atoms with Crippen LogP contribution in [-0.4, -0.2) is 0 Å². The number of halogens is 2. The fourth-order valence-electron chi connectivity index (χ4n) is 0.683. The first-order valence-electron chi connectivity index (χ1n) is 2.79. The third kappa shape index (κ3) is 1.29. The highest BCUT2D eigenvalue weighted by Crippen LogP contribution is 2.13. The van der Waals surface area contributed by atoms with Crippen molar-refractivity contribution in [2.45, 2.75) is 5.75 Å². The van der Waals surface area contributed by atoms with E-state index in [1.165, 1.54) is 18.2 Å². The second kappa shape index (κ2) is 3.01. The lowest BCUT2D eigenvalue weighted by Crippen LogP contribution is -1.90. The predicted octanol–water partition coefficient (Wildman–Crippen LogP) is 2.39. The number of hydrogen-bond acceptors (Lipinski definition) is 1. The minimum absolute atomic E-state index is 0.0332. The molecule has 1 aromatic rings. The number of rotatable bonds is 1. The average Bonchev–Trinajstić information content (AvgIpc) is 1.88. The average molecular weight is 160 g/mol. The first-order chi connectivity index (χ1) is 4.75. The molecule has 10 heavy (non-hydrogen) atoms. The van der Waals surface area contributed by atoms with Crippen molar-refractivity contribution in [2.24, 2.45) is 0 Å². The molecule has 1 aromatic carbocycles. The fraction of sp³-hybridized carbons (Fsp3) is 0.143. The van der Waals surface area contributed by atoms with Crippen molar-refractivity contribution < 1.29 is 8.78 Å². The van der Waals surface area contributed by atoms with Gasteiger partial charge in [-0.2, -0.15) is 12.6 Å². The van der Waals surface area contributed by atoms with Gasteiger partial charge in [0.05, 0.1) is 0 Å². The number of hydrogen-bond donors (Lipinski definition) is 1. The van der Waals surface area contributed by atoms with E-state index in [4.69, 9.17) is 0 Å². The van der Waals surface area contributed by atoms with E-state index < -0.39 is 11.6 Å². The summed E-state index contributed by atoms with van der Waals surface area (Å²) in [5.41, 5.74) is 0.0332. The van der Waals surface area contributed by atoms with Gasteiger partial charge in [0, 0.05) is 11.3 Å². The molecule has 0 atom stereocenters. The Balaban J connectivity index is 3.17.